The topological polar surface area (TPSA) is 43.9 Å². The number of fused-ring (bicyclic) bond motifs is 7. The Bertz CT molecular complexity index is 3020. The number of nitrogens with zero attached hydrogens (tertiary/aromatic N) is 3. The largest absolute Gasteiger partial charge is 0.454 e. The van der Waals surface area contributed by atoms with Crippen molar-refractivity contribution < 1.29 is 4.42 Å². The average Bonchev–Trinajstić information content (AvgIpc) is 3.81. The molecule has 0 spiro atoms. The normalized spacial score (nSPS) is 12.3. The van der Waals surface area contributed by atoms with Crippen LogP contribution in [0.1, 0.15) is 0 Å². The molecule has 4 nitrogen and oxygen atoms in total. The fraction of sp³-hybridized carbons (Fsp3) is 0. The second-order valence-corrected chi connectivity index (χ2v) is 13.3. The Kier molecular flexibility index (Phi) is 4.96. The molecule has 0 bridgehead atoms. The molecule has 7 aromatic carbocycles. The summed E-state index contributed by atoms with van der Waals surface area (Å²) in [5.74, 6) is 0.620. The minimum absolute atomic E-state index is 0.620. The lowest BCUT2D eigenvalue weighted by Gasteiger charge is -2.12. The first kappa shape index (κ1) is 25.2. The molecule has 11 rings (SSSR count). The molecule has 5 heteroatoms. The van der Waals surface area contributed by atoms with Crippen LogP contribution in [0.15, 0.2) is 144 Å². The van der Waals surface area contributed by atoms with E-state index in [1.54, 1.807) is 0 Å². The second-order valence-electron chi connectivity index (χ2n) is 12.2. The van der Waals surface area contributed by atoms with E-state index >= 15 is 0 Å². The summed E-state index contributed by atoms with van der Waals surface area (Å²) in [4.78, 5) is 10.7. The summed E-state index contributed by atoms with van der Waals surface area (Å²) in [6, 6.07) is 49.3. The van der Waals surface area contributed by atoms with Crippen LogP contribution in [-0.4, -0.2) is 14.5 Å². The van der Waals surface area contributed by atoms with Crippen molar-refractivity contribution in [1.82, 2.24) is 14.5 Å². The summed E-state index contributed by atoms with van der Waals surface area (Å²) in [6.45, 7) is 0. The van der Waals surface area contributed by atoms with E-state index in [2.05, 4.69) is 126 Å². The highest BCUT2D eigenvalue weighted by Gasteiger charge is 2.24. The van der Waals surface area contributed by atoms with Gasteiger partial charge < -0.3 is 4.42 Å². The lowest BCUT2D eigenvalue weighted by Crippen LogP contribution is -2.04. The molecule has 47 heavy (non-hydrogen) atoms. The zero-order valence-electron chi connectivity index (χ0n) is 24.9. The van der Waals surface area contributed by atoms with E-state index in [0.717, 1.165) is 55.5 Å². The average molecular weight is 618 g/mol. The van der Waals surface area contributed by atoms with Crippen LogP contribution in [0.25, 0.3) is 103 Å². The quantitative estimate of drug-likeness (QED) is 0.185. The SMILES string of the molecule is c1ccc(-c2cc(-c3ccc4sc5ccccc5c4c3)nc(-n3c4cccc5ccc6cc7c8ccccc8oc7c3c6c54)n2)cc1. The van der Waals surface area contributed by atoms with Gasteiger partial charge in [-0.2, -0.15) is 0 Å². The molecule has 0 aliphatic heterocycles. The van der Waals surface area contributed by atoms with Crippen molar-refractivity contribution in [3.05, 3.63) is 140 Å². The molecule has 0 unspecified atom stereocenters. The lowest BCUT2D eigenvalue weighted by molar-refractivity contribution is 0.671. The third-order valence-electron chi connectivity index (χ3n) is 9.56. The van der Waals surface area contributed by atoms with Gasteiger partial charge in [0.05, 0.1) is 16.9 Å². The molecule has 0 N–H and O–H groups in total. The molecule has 0 atom stereocenters. The predicted octanol–water partition coefficient (Wildman–Crippen LogP) is 11.8. The van der Waals surface area contributed by atoms with Gasteiger partial charge in [0.1, 0.15) is 11.1 Å². The molecule has 4 aromatic heterocycles. The maximum atomic E-state index is 6.69. The Morgan fingerprint density at radius 3 is 2.19 bits per heavy atom. The first-order valence-electron chi connectivity index (χ1n) is 15.7. The molecule has 0 radical (unpaired) electrons. The van der Waals surface area contributed by atoms with Crippen molar-refractivity contribution in [3.8, 4) is 28.5 Å². The van der Waals surface area contributed by atoms with Crippen molar-refractivity contribution in [2.24, 2.45) is 0 Å². The molecule has 0 saturated heterocycles. The summed E-state index contributed by atoms with van der Waals surface area (Å²) >= 11 is 1.83. The first-order chi connectivity index (χ1) is 23.3. The molecule has 218 valence electrons. The van der Waals surface area contributed by atoms with Gasteiger partial charge in [-0.05, 0) is 53.2 Å². The molecular weight excluding hydrogens is 595 g/mol. The standard InChI is InChI=1S/C42H23N3OS/c1-2-9-24(10-3-1)32-23-33(26-19-20-37-30(21-26)29-13-5-7-16-36(29)47-37)44-42(43-32)45-34-14-8-11-25-17-18-27-22-31-28-12-4-6-15-35(28)46-41(31)40(45)39(27)38(25)34/h1-23H. The summed E-state index contributed by atoms with van der Waals surface area (Å²) in [5, 5.41) is 9.44. The van der Waals surface area contributed by atoms with Gasteiger partial charge in [0.25, 0.3) is 0 Å². The third kappa shape index (κ3) is 3.52. The van der Waals surface area contributed by atoms with Crippen molar-refractivity contribution >= 4 is 86.0 Å². The highest BCUT2D eigenvalue weighted by Crippen LogP contribution is 2.45. The smallest absolute Gasteiger partial charge is 0.235 e. The van der Waals surface area contributed by atoms with Gasteiger partial charge >= 0.3 is 0 Å². The van der Waals surface area contributed by atoms with Gasteiger partial charge in [-0.3, -0.25) is 4.57 Å². The van der Waals surface area contributed by atoms with Crippen LogP contribution < -0.4 is 0 Å². The van der Waals surface area contributed by atoms with Gasteiger partial charge in [-0.15, -0.1) is 11.3 Å². The summed E-state index contributed by atoms with van der Waals surface area (Å²) in [7, 11) is 0. The summed E-state index contributed by atoms with van der Waals surface area (Å²) < 4.78 is 11.5. The molecule has 4 heterocycles. The van der Waals surface area contributed by atoms with Crippen LogP contribution in [0.4, 0.5) is 0 Å². The zero-order chi connectivity index (χ0) is 30.6. The third-order valence-corrected chi connectivity index (χ3v) is 10.7. The van der Waals surface area contributed by atoms with Crippen molar-refractivity contribution in [1.29, 1.82) is 0 Å². The van der Waals surface area contributed by atoms with Crippen LogP contribution in [-0.2, 0) is 0 Å². The lowest BCUT2D eigenvalue weighted by atomic mass is 10.00. The van der Waals surface area contributed by atoms with Crippen molar-refractivity contribution in [2.45, 2.75) is 0 Å². The van der Waals surface area contributed by atoms with Crippen molar-refractivity contribution in [2.75, 3.05) is 0 Å². The highest BCUT2D eigenvalue weighted by molar-refractivity contribution is 7.25. The van der Waals surface area contributed by atoms with Gasteiger partial charge in [0.15, 0.2) is 5.58 Å². The van der Waals surface area contributed by atoms with Crippen LogP contribution in [0, 0.1) is 0 Å². The maximum absolute atomic E-state index is 6.69. The van der Waals surface area contributed by atoms with E-state index in [0.29, 0.717) is 5.95 Å². The predicted molar refractivity (Wildman–Crippen MR) is 196 cm³/mol. The summed E-state index contributed by atoms with van der Waals surface area (Å²) in [5.41, 5.74) is 7.63. The first-order valence-corrected chi connectivity index (χ1v) is 16.6. The van der Waals surface area contributed by atoms with E-state index in [-0.39, 0.29) is 0 Å². The second kappa shape index (κ2) is 9.25. The molecular formula is C42H23N3OS. The number of aromatic nitrogens is 3. The number of hydrogen-bond donors (Lipinski definition) is 0. The van der Waals surface area contributed by atoms with Crippen LogP contribution >= 0.6 is 11.3 Å². The fourth-order valence-corrected chi connectivity index (χ4v) is 8.54. The minimum atomic E-state index is 0.620. The summed E-state index contributed by atoms with van der Waals surface area (Å²) in [6.07, 6.45) is 0. The maximum Gasteiger partial charge on any atom is 0.235 e. The van der Waals surface area contributed by atoms with Gasteiger partial charge in [0.2, 0.25) is 5.95 Å². The number of benzene rings is 7. The Balaban J connectivity index is 1.28. The van der Waals surface area contributed by atoms with Crippen LogP contribution in [0.3, 0.4) is 0 Å². The Labute approximate surface area is 272 Å². The van der Waals surface area contributed by atoms with Crippen LogP contribution in [0.2, 0.25) is 0 Å². The van der Waals surface area contributed by atoms with Crippen molar-refractivity contribution in [3.63, 3.8) is 0 Å². The number of thiophene rings is 1. The molecule has 0 saturated carbocycles. The molecule has 0 amide bonds. The number of rotatable bonds is 3. The Morgan fingerprint density at radius 1 is 0.511 bits per heavy atom. The fourth-order valence-electron chi connectivity index (χ4n) is 7.46. The van der Waals surface area contributed by atoms with Gasteiger partial charge in [-0.25, -0.2) is 9.97 Å². The number of hydrogen-bond acceptors (Lipinski definition) is 4. The molecule has 11 aromatic rings. The van der Waals surface area contributed by atoms with E-state index in [9.17, 15) is 0 Å². The van der Waals surface area contributed by atoms with E-state index in [4.69, 9.17) is 14.4 Å². The number of para-hydroxylation sites is 1. The van der Waals surface area contributed by atoms with E-state index < -0.39 is 0 Å². The van der Waals surface area contributed by atoms with Gasteiger partial charge in [-0.1, -0.05) is 97.1 Å². The zero-order valence-corrected chi connectivity index (χ0v) is 25.8. The van der Waals surface area contributed by atoms with E-state index in [1.807, 2.05) is 29.5 Å². The van der Waals surface area contributed by atoms with E-state index in [1.165, 1.54) is 41.7 Å². The number of furan rings is 1. The minimum Gasteiger partial charge on any atom is -0.454 e. The molecule has 0 fully saturated rings. The van der Waals surface area contributed by atoms with Crippen LogP contribution in [0.5, 0.6) is 0 Å². The molecule has 0 aliphatic carbocycles. The van der Waals surface area contributed by atoms with Gasteiger partial charge in [0, 0.05) is 52.8 Å². The highest BCUT2D eigenvalue weighted by atomic mass is 32.1. The molecule has 0 aliphatic rings. The Hall–Kier alpha value is -6.04. The Morgan fingerprint density at radius 2 is 1.28 bits per heavy atom. The monoisotopic (exact) mass is 617 g/mol.